The van der Waals surface area contributed by atoms with Gasteiger partial charge in [0.15, 0.2) is 11.7 Å². The zero-order chi connectivity index (χ0) is 22.0. The summed E-state index contributed by atoms with van der Waals surface area (Å²) in [5.41, 5.74) is 3.04. The van der Waals surface area contributed by atoms with Gasteiger partial charge in [0.05, 0.1) is 7.11 Å². The molecule has 0 bridgehead atoms. The molecule has 3 aliphatic heterocycles. The van der Waals surface area contributed by atoms with Crippen molar-refractivity contribution < 1.29 is 24.1 Å². The molecule has 0 aromatic heterocycles. The third-order valence-corrected chi connectivity index (χ3v) is 6.20. The fourth-order valence-corrected chi connectivity index (χ4v) is 4.55. The summed E-state index contributed by atoms with van der Waals surface area (Å²) in [7, 11) is 1.66. The van der Waals surface area contributed by atoms with Crippen LogP contribution < -0.4 is 18.9 Å². The van der Waals surface area contributed by atoms with Gasteiger partial charge in [0.25, 0.3) is 0 Å². The molecule has 0 amide bonds. The van der Waals surface area contributed by atoms with Gasteiger partial charge in [-0.3, -0.25) is 0 Å². The van der Waals surface area contributed by atoms with Crippen LogP contribution in [0.5, 0.6) is 23.0 Å². The Hall–Kier alpha value is -2.92. The van der Waals surface area contributed by atoms with Gasteiger partial charge >= 0.3 is 0 Å². The Kier molecular flexibility index (Phi) is 4.38. The average Bonchev–Trinajstić information content (AvgIpc) is 3.03. The van der Waals surface area contributed by atoms with Crippen LogP contribution in [0.15, 0.2) is 42.0 Å². The lowest BCUT2D eigenvalue weighted by molar-refractivity contribution is -0.0865. The van der Waals surface area contributed by atoms with Crippen molar-refractivity contribution in [3.05, 3.63) is 64.2 Å². The van der Waals surface area contributed by atoms with E-state index in [-0.39, 0.29) is 12.2 Å². The summed E-state index contributed by atoms with van der Waals surface area (Å²) in [4.78, 5) is 0. The minimum atomic E-state index is -1.26. The summed E-state index contributed by atoms with van der Waals surface area (Å²) in [6.07, 6.45) is 6.33. The summed E-state index contributed by atoms with van der Waals surface area (Å²) < 4.78 is 24.2. The molecule has 162 valence electrons. The average molecular weight is 421 g/mol. The number of aliphatic hydroxyl groups is 1. The minimum absolute atomic E-state index is 0.115. The predicted molar refractivity (Wildman–Crippen MR) is 119 cm³/mol. The standard InChI is InChI=1S/C26H28O5/c1-15(2)6-7-17-20(28-5)9-8-19-23(17)30-24-18-12-16-10-11-25(3,4)31-21(16)13-22(18)29-14-26(19,24)27/h6,8-13,24,27H,7,14H2,1-5H3/t24-,26+/m0/s1. The van der Waals surface area contributed by atoms with E-state index < -0.39 is 11.7 Å². The normalized spacial score (nSPS) is 23.9. The maximum atomic E-state index is 11.7. The van der Waals surface area contributed by atoms with Gasteiger partial charge in [0.2, 0.25) is 0 Å². The summed E-state index contributed by atoms with van der Waals surface area (Å²) in [5, 5.41) is 11.7. The van der Waals surface area contributed by atoms with E-state index in [4.69, 9.17) is 18.9 Å². The Balaban J connectivity index is 1.61. The number of allylic oxidation sites excluding steroid dienone is 2. The predicted octanol–water partition coefficient (Wildman–Crippen LogP) is 5.10. The minimum Gasteiger partial charge on any atom is -0.496 e. The first-order valence-corrected chi connectivity index (χ1v) is 10.6. The molecule has 2 aromatic carbocycles. The molecular weight excluding hydrogens is 392 g/mol. The number of benzene rings is 2. The van der Waals surface area contributed by atoms with Crippen LogP contribution in [-0.2, 0) is 12.0 Å². The van der Waals surface area contributed by atoms with E-state index in [1.54, 1.807) is 7.11 Å². The molecule has 31 heavy (non-hydrogen) atoms. The van der Waals surface area contributed by atoms with Gasteiger partial charge < -0.3 is 24.1 Å². The van der Waals surface area contributed by atoms with Gasteiger partial charge in [0.1, 0.15) is 35.2 Å². The first-order chi connectivity index (χ1) is 14.7. The molecule has 0 spiro atoms. The van der Waals surface area contributed by atoms with Crippen LogP contribution in [0.4, 0.5) is 0 Å². The maximum Gasteiger partial charge on any atom is 0.168 e. The fourth-order valence-electron chi connectivity index (χ4n) is 4.55. The molecule has 0 fully saturated rings. The van der Waals surface area contributed by atoms with Gasteiger partial charge in [-0.1, -0.05) is 17.7 Å². The lowest BCUT2D eigenvalue weighted by atomic mass is 9.83. The monoisotopic (exact) mass is 420 g/mol. The van der Waals surface area contributed by atoms with Gasteiger partial charge in [-0.25, -0.2) is 0 Å². The molecule has 5 rings (SSSR count). The largest absolute Gasteiger partial charge is 0.496 e. The number of hydrogen-bond acceptors (Lipinski definition) is 5. The van der Waals surface area contributed by atoms with Gasteiger partial charge in [-0.15, -0.1) is 0 Å². The van der Waals surface area contributed by atoms with Crippen molar-refractivity contribution in [3.63, 3.8) is 0 Å². The Morgan fingerprint density at radius 3 is 2.77 bits per heavy atom. The van der Waals surface area contributed by atoms with Crippen molar-refractivity contribution in [2.24, 2.45) is 0 Å². The second-order valence-electron chi connectivity index (χ2n) is 9.29. The van der Waals surface area contributed by atoms with E-state index in [1.807, 2.05) is 44.2 Å². The molecule has 5 heteroatoms. The maximum absolute atomic E-state index is 11.7. The van der Waals surface area contributed by atoms with Crippen LogP contribution in [0.2, 0.25) is 0 Å². The molecular formula is C26H28O5. The van der Waals surface area contributed by atoms with E-state index in [0.29, 0.717) is 17.9 Å². The first-order valence-electron chi connectivity index (χ1n) is 10.6. The van der Waals surface area contributed by atoms with Crippen molar-refractivity contribution in [1.29, 1.82) is 0 Å². The number of hydrogen-bond donors (Lipinski definition) is 1. The topological polar surface area (TPSA) is 57.2 Å². The lowest BCUT2D eigenvalue weighted by Gasteiger charge is -2.36. The number of rotatable bonds is 3. The molecule has 1 N–H and O–H groups in total. The third kappa shape index (κ3) is 3.10. The van der Waals surface area contributed by atoms with Crippen molar-refractivity contribution in [3.8, 4) is 23.0 Å². The van der Waals surface area contributed by atoms with Crippen molar-refractivity contribution >= 4 is 6.08 Å². The van der Waals surface area contributed by atoms with Gasteiger partial charge in [0, 0.05) is 28.3 Å². The second kappa shape index (κ2) is 6.79. The van der Waals surface area contributed by atoms with E-state index >= 15 is 0 Å². The highest BCUT2D eigenvalue weighted by Crippen LogP contribution is 2.57. The number of fused-ring (bicyclic) bond motifs is 6. The Morgan fingerprint density at radius 2 is 2.03 bits per heavy atom. The van der Waals surface area contributed by atoms with Gasteiger partial charge in [-0.2, -0.15) is 0 Å². The molecule has 0 saturated heterocycles. The number of methoxy groups -OCH3 is 1. The Labute approximate surface area is 182 Å². The van der Waals surface area contributed by atoms with Crippen LogP contribution in [0.25, 0.3) is 6.08 Å². The van der Waals surface area contributed by atoms with E-state index in [1.165, 1.54) is 5.57 Å². The zero-order valence-corrected chi connectivity index (χ0v) is 18.6. The highest BCUT2D eigenvalue weighted by atomic mass is 16.5. The fraction of sp³-hybridized carbons (Fsp3) is 0.385. The molecule has 0 radical (unpaired) electrons. The molecule has 2 aromatic rings. The summed E-state index contributed by atoms with van der Waals surface area (Å²) >= 11 is 0. The smallest absolute Gasteiger partial charge is 0.168 e. The van der Waals surface area contributed by atoms with Crippen LogP contribution >= 0.6 is 0 Å². The van der Waals surface area contributed by atoms with Crippen LogP contribution in [0.3, 0.4) is 0 Å². The lowest BCUT2D eigenvalue weighted by Crippen LogP contribution is -2.41. The van der Waals surface area contributed by atoms with Crippen LogP contribution in [0, 0.1) is 0 Å². The number of ether oxygens (including phenoxy) is 4. The summed E-state index contributed by atoms with van der Waals surface area (Å²) in [6.45, 7) is 8.28. The molecule has 5 nitrogen and oxygen atoms in total. The van der Waals surface area contributed by atoms with E-state index in [0.717, 1.165) is 33.8 Å². The zero-order valence-electron chi connectivity index (χ0n) is 18.6. The highest BCUT2D eigenvalue weighted by molar-refractivity contribution is 5.66. The molecule has 2 atom stereocenters. The SMILES string of the molecule is COc1ccc2c(c1CC=C(C)C)O[C@H]1c3cc4c(cc3OC[C@@]21O)OC(C)(C)C=C4. The Bertz CT molecular complexity index is 1120. The van der Waals surface area contributed by atoms with Crippen LogP contribution in [0.1, 0.15) is 56.1 Å². The highest BCUT2D eigenvalue weighted by Gasteiger charge is 2.54. The quantitative estimate of drug-likeness (QED) is 0.700. The molecule has 3 aliphatic rings. The first kappa shape index (κ1) is 20.0. The van der Waals surface area contributed by atoms with Gasteiger partial charge in [-0.05, 0) is 58.4 Å². The Morgan fingerprint density at radius 1 is 1.23 bits per heavy atom. The van der Waals surface area contributed by atoms with Crippen LogP contribution in [-0.4, -0.2) is 24.4 Å². The molecule has 0 saturated carbocycles. The molecule has 0 unspecified atom stereocenters. The van der Waals surface area contributed by atoms with E-state index in [2.05, 4.69) is 26.0 Å². The summed E-state index contributed by atoms with van der Waals surface area (Å²) in [5.74, 6) is 2.90. The van der Waals surface area contributed by atoms with E-state index in [9.17, 15) is 5.11 Å². The molecule has 3 heterocycles. The summed E-state index contributed by atoms with van der Waals surface area (Å²) in [6, 6.07) is 7.70. The third-order valence-electron chi connectivity index (χ3n) is 6.20. The second-order valence-corrected chi connectivity index (χ2v) is 9.29. The van der Waals surface area contributed by atoms with Crippen molar-refractivity contribution in [2.45, 2.75) is 51.4 Å². The van der Waals surface area contributed by atoms with Crippen molar-refractivity contribution in [1.82, 2.24) is 0 Å². The van der Waals surface area contributed by atoms with Crippen molar-refractivity contribution in [2.75, 3.05) is 13.7 Å². The molecule has 0 aliphatic carbocycles.